The Bertz CT molecular complexity index is 11700. The van der Waals surface area contributed by atoms with Crippen molar-refractivity contribution < 1.29 is 8.83 Å². The fourth-order valence-electron chi connectivity index (χ4n) is 25.4. The van der Waals surface area contributed by atoms with Gasteiger partial charge in [0.1, 0.15) is 16.0 Å². The molecule has 21 aromatic carbocycles. The number of nitrogens with zero attached hydrogens (tertiary/aromatic N) is 12. The zero-order valence-electron chi connectivity index (χ0n) is 79.3. The fourth-order valence-corrected chi connectivity index (χ4v) is 26.5. The van der Waals surface area contributed by atoms with Crippen molar-refractivity contribution >= 4 is 277 Å². The van der Waals surface area contributed by atoms with Gasteiger partial charge in [-0.2, -0.15) is 9.97 Å². The zero-order valence-corrected chi connectivity index (χ0v) is 80.1. The molecule has 0 spiro atoms. The van der Waals surface area contributed by atoms with Crippen LogP contribution in [0.15, 0.2) is 458 Å². The van der Waals surface area contributed by atoms with Crippen LogP contribution in [0.2, 0.25) is 0 Å². The lowest BCUT2D eigenvalue weighted by atomic mass is 10.0. The maximum Gasteiger partial charge on any atom is 0.238 e. The molecule has 0 aliphatic heterocycles. The quantitative estimate of drug-likeness (QED) is 0.154. The summed E-state index contributed by atoms with van der Waals surface area (Å²) in [6, 6.07) is 160. The van der Waals surface area contributed by atoms with E-state index < -0.39 is 0 Å². The second kappa shape index (κ2) is 30.3. The highest BCUT2D eigenvalue weighted by Crippen LogP contribution is 2.54. The van der Waals surface area contributed by atoms with E-state index in [0.29, 0.717) is 29.3 Å². The van der Waals surface area contributed by atoms with Crippen LogP contribution in [0.4, 0.5) is 0 Å². The summed E-state index contributed by atoms with van der Waals surface area (Å²) < 4.78 is 28.5. The number of para-hydroxylation sites is 11. The Kier molecular flexibility index (Phi) is 16.4. The van der Waals surface area contributed by atoms with Crippen molar-refractivity contribution in [3.8, 4) is 62.7 Å². The van der Waals surface area contributed by atoms with Crippen molar-refractivity contribution in [2.45, 2.75) is 0 Å². The molecule has 0 N–H and O–H groups in total. The van der Waals surface area contributed by atoms with Gasteiger partial charge >= 0.3 is 0 Å². The van der Waals surface area contributed by atoms with E-state index in [1.807, 2.05) is 42.5 Å². The van der Waals surface area contributed by atoms with Crippen LogP contribution < -0.4 is 0 Å². The Morgan fingerprint density at radius 3 is 0.866 bits per heavy atom. The second-order valence-electron chi connectivity index (χ2n) is 39.3. The molecule has 15 aromatic heterocycles. The normalized spacial score (nSPS) is 12.4. The van der Waals surface area contributed by atoms with Crippen molar-refractivity contribution in [1.82, 2.24) is 56.8 Å². The van der Waals surface area contributed by atoms with Gasteiger partial charge in [0, 0.05) is 140 Å². The average molecular weight is 1920 g/mol. The Hall–Kier alpha value is -20.0. The highest BCUT2D eigenvalue weighted by molar-refractivity contribution is 7.25. The number of hydrogen-bond donors (Lipinski definition) is 0. The number of hydrogen-bond acceptors (Lipinski definition) is 9. The lowest BCUT2D eigenvalue weighted by Crippen LogP contribution is -2.03. The Morgan fingerprint density at radius 2 is 0.456 bits per heavy atom. The molecule has 14 nitrogen and oxygen atoms in total. The van der Waals surface area contributed by atoms with Gasteiger partial charge < -0.3 is 22.0 Å². The number of thiophene rings is 1. The smallest absolute Gasteiger partial charge is 0.238 e. The highest BCUT2D eigenvalue weighted by Gasteiger charge is 2.33. The summed E-state index contributed by atoms with van der Waals surface area (Å²) in [4.78, 5) is 33.5. The molecule has 0 atom stereocenters. The molecule has 36 rings (SSSR count). The lowest BCUT2D eigenvalue weighted by molar-refractivity contribution is 0.651. The molecule has 0 aliphatic carbocycles. The Labute approximate surface area is 848 Å². The van der Waals surface area contributed by atoms with Gasteiger partial charge in [0.2, 0.25) is 29.3 Å². The molecule has 0 fully saturated rings. The third-order valence-corrected chi connectivity index (χ3v) is 32.7. The van der Waals surface area contributed by atoms with Crippen molar-refractivity contribution in [2.75, 3.05) is 0 Å². The SMILES string of the molecule is c1ccc(-c2ccc(-c3nc(-n4c5ccccc5c5cc6c7ccccc7n7c8ccccc8c(c54)c67)nc4oc5ccccc5c34)cc2)cc1.c1ccc2cc(-c3nc(-n4c5ccccc5c5cc6c7ccccc7n7c8ccccc8c(c54)c67)nc4oc5ccccc5c34)ccc2c1.c1ccc2cc(-c3nc(-n4c5ccccc5c5cc6c7ccccc7n7c8ccccc8c(c54)c67)nc4sc5ccccc5c34)ccc2c1. The van der Waals surface area contributed by atoms with Crippen LogP contribution in [0.25, 0.3) is 328 Å². The summed E-state index contributed by atoms with van der Waals surface area (Å²) >= 11 is 1.74. The third-order valence-electron chi connectivity index (χ3n) is 31.6. The van der Waals surface area contributed by atoms with Crippen LogP contribution >= 0.6 is 11.3 Å². The van der Waals surface area contributed by atoms with Gasteiger partial charge in [0.05, 0.1) is 111 Å². The van der Waals surface area contributed by atoms with Crippen LogP contribution in [-0.2, 0) is 0 Å². The standard InChI is InChI=1S/C46H26N4O.C44H24N4O.C44H24N4S/c1-2-12-27(13-3-1)28-22-24-29(25-23-28)42-40-33-17-7-11-21-39(33)51-45(40)48-46(47-42)50-37-19-9-5-15-31(37)35-26-34-30-14-4-8-18-36(30)49-38-20-10-6-16-32(38)41(43(34)49)44(35)50;2*1-2-12-26-23-27(22-21-25(26)11-1)40-38-31-16-6-10-20-37(31)49-43(38)46-44(45-40)48-35-18-8-4-14-29(35)33-24-32-28-13-3-7-17-34(28)47-36-19-9-5-15-30(36)39(41(32)47)42(33)48/h1-26H;2*1-24H. The van der Waals surface area contributed by atoms with E-state index in [4.69, 9.17) is 38.7 Å². The minimum absolute atomic E-state index is 0.571. The third kappa shape index (κ3) is 11.2. The van der Waals surface area contributed by atoms with E-state index in [2.05, 4.69) is 433 Å². The summed E-state index contributed by atoms with van der Waals surface area (Å²) in [5.74, 6) is 1.86. The number of rotatable bonds is 7. The van der Waals surface area contributed by atoms with E-state index >= 15 is 0 Å². The van der Waals surface area contributed by atoms with E-state index in [9.17, 15) is 0 Å². The topological polar surface area (TPSA) is 132 Å². The molecule has 36 aromatic rings. The molecule has 0 saturated heterocycles. The first kappa shape index (κ1) is 80.5. The molecule has 0 radical (unpaired) electrons. The number of furan rings is 2. The van der Waals surface area contributed by atoms with Crippen LogP contribution in [0.3, 0.4) is 0 Å². The number of benzene rings is 21. The minimum Gasteiger partial charge on any atom is -0.437 e. The van der Waals surface area contributed by atoms with Crippen molar-refractivity contribution in [2.24, 2.45) is 0 Å². The van der Waals surface area contributed by atoms with Gasteiger partial charge in [0.25, 0.3) is 0 Å². The maximum atomic E-state index is 6.54. The molecule has 0 amide bonds. The predicted octanol–water partition coefficient (Wildman–Crippen LogP) is 35.3. The van der Waals surface area contributed by atoms with E-state index in [0.717, 1.165) is 132 Å². The van der Waals surface area contributed by atoms with Crippen LogP contribution in [0.1, 0.15) is 0 Å². The first-order chi connectivity index (χ1) is 73.9. The lowest BCUT2D eigenvalue weighted by Gasteiger charge is -2.11. The average Bonchev–Trinajstić information content (AvgIpc) is 1.52. The monoisotopic (exact) mass is 1910 g/mol. The molecule has 0 unspecified atom stereocenters. The van der Waals surface area contributed by atoms with E-state index in [-0.39, 0.29) is 0 Å². The first-order valence-electron chi connectivity index (χ1n) is 50.5. The van der Waals surface area contributed by atoms with Crippen molar-refractivity contribution in [1.29, 1.82) is 0 Å². The molecule has 0 saturated carbocycles. The molecule has 0 aliphatic rings. The minimum atomic E-state index is 0.571. The largest absolute Gasteiger partial charge is 0.437 e. The fraction of sp³-hybridized carbons (Fsp3) is 0. The molecular weight excluding hydrogens is 1840 g/mol. The molecular formula is C134H74N12O2S. The molecule has 15 heterocycles. The Morgan fingerprint density at radius 1 is 0.174 bits per heavy atom. The van der Waals surface area contributed by atoms with Crippen molar-refractivity contribution in [3.05, 3.63) is 449 Å². The predicted molar refractivity (Wildman–Crippen MR) is 617 cm³/mol. The van der Waals surface area contributed by atoms with Gasteiger partial charge in [-0.1, -0.05) is 346 Å². The Balaban J connectivity index is 0.0000000953. The zero-order chi connectivity index (χ0) is 96.8. The molecule has 149 heavy (non-hydrogen) atoms. The maximum absolute atomic E-state index is 6.54. The molecule has 15 heteroatoms. The summed E-state index contributed by atoms with van der Waals surface area (Å²) in [5, 5.41) is 32.9. The molecule has 0 bridgehead atoms. The van der Waals surface area contributed by atoms with Crippen molar-refractivity contribution in [3.63, 3.8) is 0 Å². The van der Waals surface area contributed by atoms with Gasteiger partial charge in [-0.3, -0.25) is 13.7 Å². The summed E-state index contributed by atoms with van der Waals surface area (Å²) in [6.07, 6.45) is 0. The first-order valence-corrected chi connectivity index (χ1v) is 51.3. The van der Waals surface area contributed by atoms with Gasteiger partial charge in [-0.05, 0) is 136 Å². The van der Waals surface area contributed by atoms with Crippen LogP contribution in [0, 0.1) is 0 Å². The van der Waals surface area contributed by atoms with Crippen LogP contribution in [0.5, 0.6) is 0 Å². The van der Waals surface area contributed by atoms with Gasteiger partial charge in [-0.15, -0.1) is 11.3 Å². The summed E-state index contributed by atoms with van der Waals surface area (Å²) in [5.41, 5.74) is 28.4. The van der Waals surface area contributed by atoms with E-state index in [1.165, 1.54) is 168 Å². The van der Waals surface area contributed by atoms with Crippen LogP contribution in [-0.4, -0.2) is 56.8 Å². The number of aromatic nitrogens is 12. The summed E-state index contributed by atoms with van der Waals surface area (Å²) in [7, 11) is 0. The second-order valence-corrected chi connectivity index (χ2v) is 40.3. The van der Waals surface area contributed by atoms with Gasteiger partial charge in [0.15, 0.2) is 0 Å². The molecule has 688 valence electrons. The summed E-state index contributed by atoms with van der Waals surface area (Å²) in [6.45, 7) is 0. The van der Waals surface area contributed by atoms with E-state index in [1.54, 1.807) is 11.3 Å². The van der Waals surface area contributed by atoms with Gasteiger partial charge in [-0.25, -0.2) is 19.9 Å². The number of fused-ring (bicyclic) bond motifs is 41. The highest BCUT2D eigenvalue weighted by atomic mass is 32.1.